The third kappa shape index (κ3) is 1.79. The van der Waals surface area contributed by atoms with Crippen molar-refractivity contribution in [2.24, 2.45) is 0 Å². The molecule has 0 spiro atoms. The molecular weight excluding hydrogens is 194 g/mol. The lowest BCUT2D eigenvalue weighted by atomic mass is 10.1. The number of nitrogens with two attached hydrogens (primary N) is 1. The number of rotatable bonds is 3. The highest BCUT2D eigenvalue weighted by molar-refractivity contribution is 5.92. The van der Waals surface area contributed by atoms with Crippen LogP contribution in [0.25, 0.3) is 10.8 Å². The monoisotopic (exact) mass is 205 g/mol. The Morgan fingerprint density at radius 2 is 2.00 bits per heavy atom. The van der Waals surface area contributed by atoms with Crippen LogP contribution in [0, 0.1) is 0 Å². The SMILES string of the molecule is Nc1oc(CCC(=O)O)c2ccccc12. The molecule has 0 fully saturated rings. The molecule has 4 heteroatoms. The number of hydrogen-bond donors (Lipinski definition) is 2. The van der Waals surface area contributed by atoms with Gasteiger partial charge in [-0.15, -0.1) is 0 Å². The lowest BCUT2D eigenvalue weighted by Gasteiger charge is -1.93. The molecule has 0 saturated heterocycles. The Labute approximate surface area is 86.3 Å². The highest BCUT2D eigenvalue weighted by Crippen LogP contribution is 2.28. The Hall–Kier alpha value is -1.97. The number of carbonyl (C=O) groups is 1. The Kier molecular flexibility index (Phi) is 2.33. The van der Waals surface area contributed by atoms with E-state index in [1.165, 1.54) is 0 Å². The Balaban J connectivity index is 2.39. The summed E-state index contributed by atoms with van der Waals surface area (Å²) >= 11 is 0. The molecule has 0 radical (unpaired) electrons. The van der Waals surface area contributed by atoms with Crippen LogP contribution in [0.3, 0.4) is 0 Å². The predicted molar refractivity (Wildman–Crippen MR) is 56.6 cm³/mol. The molecule has 1 aromatic heterocycles. The summed E-state index contributed by atoms with van der Waals surface area (Å²) in [6.07, 6.45) is 0.421. The largest absolute Gasteiger partial charge is 0.481 e. The molecule has 1 heterocycles. The fourth-order valence-corrected chi connectivity index (χ4v) is 1.59. The van der Waals surface area contributed by atoms with Crippen LogP contribution in [0.5, 0.6) is 0 Å². The topological polar surface area (TPSA) is 76.5 Å². The van der Waals surface area contributed by atoms with Crippen molar-refractivity contribution >= 4 is 22.6 Å². The molecule has 2 aromatic rings. The summed E-state index contributed by atoms with van der Waals surface area (Å²) in [5.41, 5.74) is 5.67. The molecule has 0 bridgehead atoms. The normalized spacial score (nSPS) is 10.7. The molecule has 15 heavy (non-hydrogen) atoms. The number of carboxylic acid groups (broad SMARTS) is 1. The summed E-state index contributed by atoms with van der Waals surface area (Å²) in [4.78, 5) is 10.4. The standard InChI is InChI=1S/C11H11NO3/c12-11-8-4-2-1-3-7(8)9(15-11)5-6-10(13)14/h1-4H,5-6,12H2,(H,13,14). The number of aryl methyl sites for hydroxylation is 1. The predicted octanol–water partition coefficient (Wildman–Crippen LogP) is 2.03. The zero-order chi connectivity index (χ0) is 10.8. The van der Waals surface area contributed by atoms with Crippen molar-refractivity contribution in [3.63, 3.8) is 0 Å². The molecule has 1 aromatic carbocycles. The van der Waals surface area contributed by atoms with E-state index < -0.39 is 5.97 Å². The van der Waals surface area contributed by atoms with Gasteiger partial charge in [0.25, 0.3) is 0 Å². The van der Waals surface area contributed by atoms with Crippen molar-refractivity contribution in [3.05, 3.63) is 30.0 Å². The van der Waals surface area contributed by atoms with Crippen LogP contribution in [-0.4, -0.2) is 11.1 Å². The van der Waals surface area contributed by atoms with Crippen molar-refractivity contribution in [2.75, 3.05) is 5.73 Å². The minimum absolute atomic E-state index is 0.0525. The molecule has 78 valence electrons. The van der Waals surface area contributed by atoms with Gasteiger partial charge in [-0.25, -0.2) is 0 Å². The zero-order valence-corrected chi connectivity index (χ0v) is 8.06. The van der Waals surface area contributed by atoms with E-state index in [0.717, 1.165) is 10.8 Å². The summed E-state index contributed by atoms with van der Waals surface area (Å²) < 4.78 is 5.33. The third-order valence-corrected chi connectivity index (χ3v) is 2.29. The van der Waals surface area contributed by atoms with Gasteiger partial charge in [0.1, 0.15) is 5.76 Å². The first-order chi connectivity index (χ1) is 7.18. The van der Waals surface area contributed by atoms with Gasteiger partial charge in [0.15, 0.2) is 5.88 Å². The molecule has 0 unspecified atom stereocenters. The van der Waals surface area contributed by atoms with E-state index in [-0.39, 0.29) is 6.42 Å². The van der Waals surface area contributed by atoms with Crippen LogP contribution in [-0.2, 0) is 11.2 Å². The molecule has 4 nitrogen and oxygen atoms in total. The molecule has 3 N–H and O–H groups in total. The van der Waals surface area contributed by atoms with Gasteiger partial charge in [0, 0.05) is 17.2 Å². The number of benzene rings is 1. The number of carboxylic acids is 1. The minimum atomic E-state index is -0.839. The van der Waals surface area contributed by atoms with Crippen LogP contribution in [0.1, 0.15) is 12.2 Å². The molecule has 0 saturated carbocycles. The fourth-order valence-electron chi connectivity index (χ4n) is 1.59. The minimum Gasteiger partial charge on any atom is -0.481 e. The van der Waals surface area contributed by atoms with E-state index in [4.69, 9.17) is 15.3 Å². The van der Waals surface area contributed by atoms with Crippen molar-refractivity contribution in [1.29, 1.82) is 0 Å². The number of aliphatic carboxylic acids is 1. The van der Waals surface area contributed by atoms with Crippen LogP contribution in [0.4, 0.5) is 5.88 Å². The molecular formula is C11H11NO3. The number of fused-ring (bicyclic) bond motifs is 1. The summed E-state index contributed by atoms with van der Waals surface area (Å²) in [5.74, 6) is 0.158. The number of anilines is 1. The average molecular weight is 205 g/mol. The van der Waals surface area contributed by atoms with Crippen LogP contribution >= 0.6 is 0 Å². The van der Waals surface area contributed by atoms with E-state index >= 15 is 0 Å². The van der Waals surface area contributed by atoms with Crippen LogP contribution in [0.15, 0.2) is 28.7 Å². The maximum Gasteiger partial charge on any atom is 0.303 e. The first-order valence-corrected chi connectivity index (χ1v) is 4.66. The zero-order valence-electron chi connectivity index (χ0n) is 8.06. The van der Waals surface area contributed by atoms with Gasteiger partial charge in [0.05, 0.1) is 6.42 Å². The molecule has 0 atom stereocenters. The second-order valence-electron chi connectivity index (χ2n) is 3.33. The van der Waals surface area contributed by atoms with E-state index in [9.17, 15) is 4.79 Å². The second kappa shape index (κ2) is 3.65. The van der Waals surface area contributed by atoms with Crippen molar-refractivity contribution in [3.8, 4) is 0 Å². The van der Waals surface area contributed by atoms with Gasteiger partial charge >= 0.3 is 5.97 Å². The number of nitrogen functional groups attached to an aromatic ring is 1. The van der Waals surface area contributed by atoms with E-state index in [2.05, 4.69) is 0 Å². The Morgan fingerprint density at radius 3 is 2.67 bits per heavy atom. The van der Waals surface area contributed by atoms with Gasteiger partial charge in [0.2, 0.25) is 0 Å². The molecule has 0 aliphatic carbocycles. The highest BCUT2D eigenvalue weighted by atomic mass is 16.4. The summed E-state index contributed by atoms with van der Waals surface area (Å²) in [6, 6.07) is 7.49. The smallest absolute Gasteiger partial charge is 0.303 e. The van der Waals surface area contributed by atoms with Crippen molar-refractivity contribution < 1.29 is 14.3 Å². The average Bonchev–Trinajstić information content (AvgIpc) is 2.54. The van der Waals surface area contributed by atoms with E-state index in [1.54, 1.807) is 0 Å². The maximum absolute atomic E-state index is 10.4. The highest BCUT2D eigenvalue weighted by Gasteiger charge is 2.11. The molecule has 0 amide bonds. The van der Waals surface area contributed by atoms with Gasteiger partial charge in [-0.2, -0.15) is 0 Å². The summed E-state index contributed by atoms with van der Waals surface area (Å²) in [5, 5.41) is 10.3. The van der Waals surface area contributed by atoms with Gasteiger partial charge < -0.3 is 15.3 Å². The lowest BCUT2D eigenvalue weighted by Crippen LogP contribution is -1.96. The van der Waals surface area contributed by atoms with Crippen molar-refractivity contribution in [1.82, 2.24) is 0 Å². The number of furan rings is 1. The third-order valence-electron chi connectivity index (χ3n) is 2.29. The first kappa shape index (κ1) is 9.58. The quantitative estimate of drug-likeness (QED) is 0.803. The van der Waals surface area contributed by atoms with Crippen molar-refractivity contribution in [2.45, 2.75) is 12.8 Å². The molecule has 2 rings (SSSR count). The summed E-state index contributed by atoms with van der Waals surface area (Å²) in [6.45, 7) is 0. The summed E-state index contributed by atoms with van der Waals surface area (Å²) in [7, 11) is 0. The van der Waals surface area contributed by atoms with Gasteiger partial charge in [-0.1, -0.05) is 18.2 Å². The second-order valence-corrected chi connectivity index (χ2v) is 3.33. The molecule has 0 aliphatic rings. The number of hydrogen-bond acceptors (Lipinski definition) is 3. The van der Waals surface area contributed by atoms with E-state index in [0.29, 0.717) is 18.1 Å². The van der Waals surface area contributed by atoms with Gasteiger partial charge in [-0.3, -0.25) is 4.79 Å². The van der Waals surface area contributed by atoms with Gasteiger partial charge in [-0.05, 0) is 6.07 Å². The lowest BCUT2D eigenvalue weighted by molar-refractivity contribution is -0.137. The Bertz CT molecular complexity index is 502. The van der Waals surface area contributed by atoms with Crippen LogP contribution in [0.2, 0.25) is 0 Å². The first-order valence-electron chi connectivity index (χ1n) is 4.66. The Morgan fingerprint density at radius 1 is 1.33 bits per heavy atom. The van der Waals surface area contributed by atoms with Crippen LogP contribution < -0.4 is 5.73 Å². The van der Waals surface area contributed by atoms with E-state index in [1.807, 2.05) is 24.3 Å². The molecule has 0 aliphatic heterocycles. The maximum atomic E-state index is 10.4. The fraction of sp³-hybridized carbons (Fsp3) is 0.182.